The molecule has 2 amide bonds. The predicted octanol–water partition coefficient (Wildman–Crippen LogP) is 7.94. The van der Waals surface area contributed by atoms with Crippen molar-refractivity contribution in [1.82, 2.24) is 10.6 Å². The smallest absolute Gasteiger partial charge is 0.251 e. The summed E-state index contributed by atoms with van der Waals surface area (Å²) in [6.07, 6.45) is 0. The van der Waals surface area contributed by atoms with E-state index in [0.29, 0.717) is 11.1 Å². The summed E-state index contributed by atoms with van der Waals surface area (Å²) in [5.41, 5.74) is 2.92. The zero-order valence-electron chi connectivity index (χ0n) is 20.2. The van der Waals surface area contributed by atoms with Crippen molar-refractivity contribution in [2.75, 3.05) is 14.1 Å². The molecule has 0 aliphatic heterocycles. The van der Waals surface area contributed by atoms with Gasteiger partial charge in [0.05, 0.1) is 16.0 Å². The SMILES string of the molecule is CNC(=O)c1ccc(-c2ccc(-c3cc(-c4ccc(C)s4)c(-c4ccc(C)s4)s3)s2)cc1C(=O)NC. The van der Waals surface area contributed by atoms with Gasteiger partial charge in [-0.05, 0) is 74.0 Å². The van der Waals surface area contributed by atoms with Crippen LogP contribution in [0.25, 0.3) is 40.4 Å². The molecule has 182 valence electrons. The van der Waals surface area contributed by atoms with Gasteiger partial charge in [0.1, 0.15) is 0 Å². The lowest BCUT2D eigenvalue weighted by Gasteiger charge is -2.09. The molecule has 0 saturated carbocycles. The van der Waals surface area contributed by atoms with Crippen LogP contribution in [0.2, 0.25) is 0 Å². The summed E-state index contributed by atoms with van der Waals surface area (Å²) in [5, 5.41) is 5.25. The maximum absolute atomic E-state index is 12.5. The lowest BCUT2D eigenvalue weighted by atomic mass is 10.0. The zero-order chi connectivity index (χ0) is 25.4. The number of amides is 2. The van der Waals surface area contributed by atoms with Crippen LogP contribution >= 0.6 is 45.3 Å². The molecule has 0 unspecified atom stereocenters. The molecule has 4 heterocycles. The average molecular weight is 549 g/mol. The van der Waals surface area contributed by atoms with Gasteiger partial charge in [-0.1, -0.05) is 6.07 Å². The lowest BCUT2D eigenvalue weighted by Crippen LogP contribution is -2.25. The van der Waals surface area contributed by atoms with Crippen LogP contribution in [0.3, 0.4) is 0 Å². The predicted molar refractivity (Wildman–Crippen MR) is 156 cm³/mol. The zero-order valence-corrected chi connectivity index (χ0v) is 23.5. The first-order valence-corrected chi connectivity index (χ1v) is 14.6. The number of nitrogens with one attached hydrogen (secondary N) is 2. The average Bonchev–Trinajstić information content (AvgIpc) is 3.68. The molecule has 0 atom stereocenters. The monoisotopic (exact) mass is 548 g/mol. The molecular formula is C28H24N2O2S4. The fourth-order valence-corrected chi connectivity index (χ4v) is 8.20. The number of benzene rings is 1. The third-order valence-electron chi connectivity index (χ3n) is 5.80. The molecular weight excluding hydrogens is 525 g/mol. The molecule has 0 saturated heterocycles. The van der Waals surface area contributed by atoms with E-state index in [2.05, 4.69) is 66.9 Å². The van der Waals surface area contributed by atoms with Crippen LogP contribution in [0, 0.1) is 13.8 Å². The Balaban J connectivity index is 1.56. The van der Waals surface area contributed by atoms with E-state index in [1.165, 1.54) is 39.7 Å². The third kappa shape index (κ3) is 4.69. The van der Waals surface area contributed by atoms with E-state index in [1.54, 1.807) is 37.6 Å². The summed E-state index contributed by atoms with van der Waals surface area (Å²) >= 11 is 7.17. The van der Waals surface area contributed by atoms with Crippen LogP contribution in [0.5, 0.6) is 0 Å². The van der Waals surface area contributed by atoms with Crippen LogP contribution in [-0.4, -0.2) is 25.9 Å². The number of carbonyl (C=O) groups excluding carboxylic acids is 2. The molecule has 0 aliphatic carbocycles. The van der Waals surface area contributed by atoms with Gasteiger partial charge in [-0.2, -0.15) is 0 Å². The van der Waals surface area contributed by atoms with Gasteiger partial charge in [-0.3, -0.25) is 9.59 Å². The van der Waals surface area contributed by atoms with E-state index < -0.39 is 0 Å². The first-order valence-electron chi connectivity index (χ1n) is 11.3. The minimum absolute atomic E-state index is 0.279. The second-order valence-corrected chi connectivity index (χ2v) is 13.0. The Morgan fingerprint density at radius 2 is 1.19 bits per heavy atom. The molecule has 4 aromatic heterocycles. The topological polar surface area (TPSA) is 58.2 Å². The highest BCUT2D eigenvalue weighted by atomic mass is 32.1. The maximum Gasteiger partial charge on any atom is 0.251 e. The fraction of sp³-hybridized carbons (Fsp3) is 0.143. The van der Waals surface area contributed by atoms with Crippen LogP contribution in [0.15, 0.2) is 60.7 Å². The molecule has 5 aromatic rings. The Labute approximate surface area is 226 Å². The summed E-state index contributed by atoms with van der Waals surface area (Å²) in [6.45, 7) is 4.29. The Morgan fingerprint density at radius 1 is 0.583 bits per heavy atom. The van der Waals surface area contributed by atoms with Gasteiger partial charge in [0.15, 0.2) is 0 Å². The van der Waals surface area contributed by atoms with E-state index in [1.807, 2.05) is 40.1 Å². The minimum Gasteiger partial charge on any atom is -0.355 e. The van der Waals surface area contributed by atoms with Gasteiger partial charge in [0, 0.05) is 53.8 Å². The van der Waals surface area contributed by atoms with Crippen molar-refractivity contribution in [2.45, 2.75) is 13.8 Å². The largest absolute Gasteiger partial charge is 0.355 e. The number of carbonyl (C=O) groups is 2. The highest BCUT2D eigenvalue weighted by Crippen LogP contribution is 2.48. The molecule has 1 aromatic carbocycles. The quantitative estimate of drug-likeness (QED) is 0.226. The standard InChI is InChI=1S/C28H24N2O2S4/c1-15-5-9-22(33-15)20-14-25(36-26(20)24-10-6-16(2)34-24)23-12-11-21(35-23)17-7-8-18(27(31)29-3)19(13-17)28(32)30-4/h5-14H,1-4H3,(H,29,31)(H,30,32). The van der Waals surface area contributed by atoms with Crippen molar-refractivity contribution in [3.8, 4) is 40.4 Å². The molecule has 36 heavy (non-hydrogen) atoms. The first kappa shape index (κ1) is 24.6. The van der Waals surface area contributed by atoms with Gasteiger partial charge in [-0.25, -0.2) is 0 Å². The van der Waals surface area contributed by atoms with Gasteiger partial charge in [0.2, 0.25) is 0 Å². The van der Waals surface area contributed by atoms with E-state index in [0.717, 1.165) is 10.4 Å². The Kier molecular flexibility index (Phi) is 6.94. The molecule has 0 spiro atoms. The summed E-state index contributed by atoms with van der Waals surface area (Å²) in [4.78, 5) is 34.7. The molecule has 8 heteroatoms. The minimum atomic E-state index is -0.280. The Hall–Kier alpha value is -3.04. The highest BCUT2D eigenvalue weighted by molar-refractivity contribution is 7.28. The van der Waals surface area contributed by atoms with Gasteiger partial charge < -0.3 is 10.6 Å². The van der Waals surface area contributed by atoms with Crippen molar-refractivity contribution in [1.29, 1.82) is 0 Å². The van der Waals surface area contributed by atoms with Crippen molar-refractivity contribution in [2.24, 2.45) is 0 Å². The van der Waals surface area contributed by atoms with Crippen LogP contribution in [-0.2, 0) is 0 Å². The normalized spacial score (nSPS) is 11.0. The van der Waals surface area contributed by atoms with Crippen molar-refractivity contribution < 1.29 is 9.59 Å². The maximum atomic E-state index is 12.5. The van der Waals surface area contributed by atoms with Gasteiger partial charge in [0.25, 0.3) is 11.8 Å². The van der Waals surface area contributed by atoms with Crippen LogP contribution in [0.1, 0.15) is 30.5 Å². The van der Waals surface area contributed by atoms with Crippen molar-refractivity contribution in [3.63, 3.8) is 0 Å². The second-order valence-electron chi connectivity index (χ2n) is 8.26. The molecule has 0 bridgehead atoms. The number of rotatable bonds is 6. The Morgan fingerprint density at radius 3 is 1.83 bits per heavy atom. The fourth-order valence-electron chi connectivity index (χ4n) is 3.99. The molecule has 2 N–H and O–H groups in total. The van der Waals surface area contributed by atoms with E-state index >= 15 is 0 Å². The molecule has 5 rings (SSSR count). The van der Waals surface area contributed by atoms with Crippen LogP contribution in [0.4, 0.5) is 0 Å². The Bertz CT molecular complexity index is 1530. The number of hydrogen-bond acceptors (Lipinski definition) is 6. The first-order chi connectivity index (χ1) is 17.4. The lowest BCUT2D eigenvalue weighted by molar-refractivity contribution is 0.0929. The molecule has 4 nitrogen and oxygen atoms in total. The van der Waals surface area contributed by atoms with Gasteiger partial charge in [-0.15, -0.1) is 45.3 Å². The summed E-state index contributed by atoms with van der Waals surface area (Å²) in [5.74, 6) is -0.560. The number of hydrogen-bond donors (Lipinski definition) is 2. The van der Waals surface area contributed by atoms with E-state index in [4.69, 9.17) is 0 Å². The molecule has 0 aliphatic rings. The van der Waals surface area contributed by atoms with Crippen LogP contribution < -0.4 is 10.6 Å². The van der Waals surface area contributed by atoms with E-state index in [9.17, 15) is 9.59 Å². The summed E-state index contributed by atoms with van der Waals surface area (Å²) in [7, 11) is 3.13. The summed E-state index contributed by atoms with van der Waals surface area (Å²) in [6, 6.07) is 20.7. The number of thiophene rings is 4. The van der Waals surface area contributed by atoms with Crippen molar-refractivity contribution >= 4 is 57.2 Å². The van der Waals surface area contributed by atoms with Crippen molar-refractivity contribution in [3.05, 3.63) is 81.5 Å². The second kappa shape index (κ2) is 10.1. The third-order valence-corrected chi connectivity index (χ3v) is 10.5. The summed E-state index contributed by atoms with van der Waals surface area (Å²) < 4.78 is 0. The highest BCUT2D eigenvalue weighted by Gasteiger charge is 2.20. The number of aryl methyl sites for hydroxylation is 2. The molecule has 0 radical (unpaired) electrons. The van der Waals surface area contributed by atoms with Gasteiger partial charge >= 0.3 is 0 Å². The van der Waals surface area contributed by atoms with E-state index in [-0.39, 0.29) is 11.8 Å². The molecule has 0 fully saturated rings.